The van der Waals surface area contributed by atoms with Crippen molar-refractivity contribution in [3.8, 4) is 5.75 Å². The van der Waals surface area contributed by atoms with E-state index in [0.717, 1.165) is 24.2 Å². The third kappa shape index (κ3) is 6.89. The first kappa shape index (κ1) is 20.8. The van der Waals surface area contributed by atoms with Crippen molar-refractivity contribution in [2.24, 2.45) is 0 Å². The van der Waals surface area contributed by atoms with Crippen molar-refractivity contribution in [1.82, 2.24) is 10.2 Å². The van der Waals surface area contributed by atoms with Gasteiger partial charge in [0.2, 0.25) is 11.8 Å². The number of likely N-dealkylation sites (tertiary alicyclic amines) is 1. The van der Waals surface area contributed by atoms with Crippen molar-refractivity contribution >= 4 is 11.8 Å². The van der Waals surface area contributed by atoms with Gasteiger partial charge in [0.1, 0.15) is 11.6 Å². The summed E-state index contributed by atoms with van der Waals surface area (Å²) >= 11 is 0. The van der Waals surface area contributed by atoms with E-state index >= 15 is 0 Å². The van der Waals surface area contributed by atoms with Crippen molar-refractivity contribution in [2.75, 3.05) is 19.7 Å². The molecule has 2 aromatic carbocycles. The van der Waals surface area contributed by atoms with Crippen molar-refractivity contribution in [3.05, 3.63) is 66.0 Å². The molecule has 0 bridgehead atoms. The largest absolute Gasteiger partial charge is 0.494 e. The summed E-state index contributed by atoms with van der Waals surface area (Å²) in [6.45, 7) is 1.82. The van der Waals surface area contributed by atoms with Crippen LogP contribution in [0.3, 0.4) is 0 Å². The molecule has 154 valence electrons. The Morgan fingerprint density at radius 2 is 1.72 bits per heavy atom. The highest BCUT2D eigenvalue weighted by atomic mass is 19.1. The van der Waals surface area contributed by atoms with Gasteiger partial charge in [0, 0.05) is 25.6 Å². The molecule has 0 saturated carbocycles. The molecule has 1 aliphatic heterocycles. The first-order valence-corrected chi connectivity index (χ1v) is 10.1. The maximum Gasteiger partial charge on any atom is 0.224 e. The molecule has 1 saturated heterocycles. The fourth-order valence-electron chi connectivity index (χ4n) is 3.43. The number of amides is 2. The van der Waals surface area contributed by atoms with Crippen LogP contribution in [0.1, 0.15) is 31.2 Å². The molecule has 29 heavy (non-hydrogen) atoms. The number of carbonyl (C=O) groups is 2. The summed E-state index contributed by atoms with van der Waals surface area (Å²) in [5.74, 6) is 0.576. The van der Waals surface area contributed by atoms with Gasteiger partial charge in [-0.2, -0.15) is 0 Å². The first-order chi connectivity index (χ1) is 14.1. The van der Waals surface area contributed by atoms with Gasteiger partial charge < -0.3 is 15.0 Å². The standard InChI is InChI=1S/C23H27FN2O3/c24-19-10-8-18(9-11-19)17-22(27)25-20-12-14-26(15-13-20)23(28)7-4-16-29-21-5-2-1-3-6-21/h1-3,5-6,8-11,20H,4,7,12-17H2,(H,25,27). The Morgan fingerprint density at radius 3 is 2.41 bits per heavy atom. The number of rotatable bonds is 8. The van der Waals surface area contributed by atoms with Crippen molar-refractivity contribution in [2.45, 2.75) is 38.1 Å². The number of para-hydroxylation sites is 1. The van der Waals surface area contributed by atoms with Crippen LogP contribution < -0.4 is 10.1 Å². The topological polar surface area (TPSA) is 58.6 Å². The molecule has 0 aliphatic carbocycles. The van der Waals surface area contributed by atoms with E-state index in [0.29, 0.717) is 32.5 Å². The lowest BCUT2D eigenvalue weighted by Crippen LogP contribution is -2.46. The molecule has 0 atom stereocenters. The average molecular weight is 398 g/mol. The molecule has 1 aliphatic rings. The number of piperidine rings is 1. The van der Waals surface area contributed by atoms with Gasteiger partial charge in [-0.1, -0.05) is 30.3 Å². The predicted octanol–water partition coefficient (Wildman–Crippen LogP) is 3.33. The maximum absolute atomic E-state index is 12.9. The molecule has 0 spiro atoms. The van der Waals surface area contributed by atoms with Crippen LogP contribution in [0, 0.1) is 5.82 Å². The van der Waals surface area contributed by atoms with Gasteiger partial charge in [-0.05, 0) is 49.1 Å². The third-order valence-electron chi connectivity index (χ3n) is 5.04. The molecule has 0 unspecified atom stereocenters. The van der Waals surface area contributed by atoms with Crippen molar-refractivity contribution in [1.29, 1.82) is 0 Å². The highest BCUT2D eigenvalue weighted by molar-refractivity contribution is 5.79. The Kier molecular flexibility index (Phi) is 7.61. The fourth-order valence-corrected chi connectivity index (χ4v) is 3.43. The first-order valence-electron chi connectivity index (χ1n) is 10.1. The molecular weight excluding hydrogens is 371 g/mol. The Morgan fingerprint density at radius 1 is 1.03 bits per heavy atom. The van der Waals surface area contributed by atoms with Crippen molar-refractivity contribution < 1.29 is 18.7 Å². The number of ether oxygens (including phenoxy) is 1. The summed E-state index contributed by atoms with van der Waals surface area (Å²) in [4.78, 5) is 26.4. The normalized spacial score (nSPS) is 14.4. The quantitative estimate of drug-likeness (QED) is 0.694. The number of carbonyl (C=O) groups excluding carboxylic acids is 2. The summed E-state index contributed by atoms with van der Waals surface area (Å²) < 4.78 is 18.6. The summed E-state index contributed by atoms with van der Waals surface area (Å²) in [6.07, 6.45) is 2.89. The number of hydrogen-bond donors (Lipinski definition) is 1. The second-order valence-electron chi connectivity index (χ2n) is 7.29. The lowest BCUT2D eigenvalue weighted by atomic mass is 10.0. The Hall–Kier alpha value is -2.89. The van der Waals surface area contributed by atoms with E-state index < -0.39 is 0 Å². The maximum atomic E-state index is 12.9. The van der Waals surface area contributed by atoms with E-state index in [4.69, 9.17) is 4.74 Å². The third-order valence-corrected chi connectivity index (χ3v) is 5.04. The van der Waals surface area contributed by atoms with Gasteiger partial charge in [0.05, 0.1) is 13.0 Å². The van der Waals surface area contributed by atoms with E-state index in [-0.39, 0.29) is 30.1 Å². The van der Waals surface area contributed by atoms with E-state index in [2.05, 4.69) is 5.32 Å². The molecule has 2 aromatic rings. The average Bonchev–Trinajstić information content (AvgIpc) is 2.74. The number of benzene rings is 2. The van der Waals surface area contributed by atoms with Gasteiger partial charge >= 0.3 is 0 Å². The van der Waals surface area contributed by atoms with E-state index in [1.54, 1.807) is 12.1 Å². The van der Waals surface area contributed by atoms with Crippen LogP contribution in [-0.4, -0.2) is 42.5 Å². The molecular formula is C23H27FN2O3. The SMILES string of the molecule is O=C(Cc1ccc(F)cc1)NC1CCN(C(=O)CCCOc2ccccc2)CC1. The molecule has 2 amide bonds. The minimum absolute atomic E-state index is 0.0700. The van der Waals surface area contributed by atoms with Gasteiger partial charge in [0.15, 0.2) is 0 Å². The number of nitrogens with zero attached hydrogens (tertiary/aromatic N) is 1. The van der Waals surface area contributed by atoms with Crippen LogP contribution in [-0.2, 0) is 16.0 Å². The predicted molar refractivity (Wildman–Crippen MR) is 109 cm³/mol. The monoisotopic (exact) mass is 398 g/mol. The molecule has 6 heteroatoms. The minimum Gasteiger partial charge on any atom is -0.494 e. The zero-order valence-electron chi connectivity index (χ0n) is 16.5. The molecule has 0 radical (unpaired) electrons. The van der Waals surface area contributed by atoms with Gasteiger partial charge in [-0.15, -0.1) is 0 Å². The summed E-state index contributed by atoms with van der Waals surface area (Å²) in [5, 5.41) is 3.02. The number of hydrogen-bond acceptors (Lipinski definition) is 3. The number of nitrogens with one attached hydrogen (secondary N) is 1. The highest BCUT2D eigenvalue weighted by Gasteiger charge is 2.23. The van der Waals surface area contributed by atoms with Crippen LogP contribution in [0.15, 0.2) is 54.6 Å². The molecule has 1 N–H and O–H groups in total. The molecule has 1 heterocycles. The van der Waals surface area contributed by atoms with Crippen LogP contribution in [0.4, 0.5) is 4.39 Å². The number of halogens is 1. The van der Waals surface area contributed by atoms with Crippen LogP contribution in [0.2, 0.25) is 0 Å². The second-order valence-corrected chi connectivity index (χ2v) is 7.29. The van der Waals surface area contributed by atoms with Crippen LogP contribution in [0.5, 0.6) is 5.75 Å². The Bertz CT molecular complexity index is 788. The molecule has 0 aromatic heterocycles. The lowest BCUT2D eigenvalue weighted by Gasteiger charge is -2.32. The van der Waals surface area contributed by atoms with E-state index in [9.17, 15) is 14.0 Å². The van der Waals surface area contributed by atoms with E-state index in [1.807, 2.05) is 35.2 Å². The van der Waals surface area contributed by atoms with E-state index in [1.165, 1.54) is 12.1 Å². The molecule has 5 nitrogen and oxygen atoms in total. The van der Waals surface area contributed by atoms with Crippen LogP contribution >= 0.6 is 0 Å². The summed E-state index contributed by atoms with van der Waals surface area (Å²) in [7, 11) is 0. The molecule has 1 fully saturated rings. The Labute approximate surface area is 170 Å². The zero-order valence-corrected chi connectivity index (χ0v) is 16.5. The highest BCUT2D eigenvalue weighted by Crippen LogP contribution is 2.14. The Balaban J connectivity index is 1.31. The smallest absolute Gasteiger partial charge is 0.224 e. The van der Waals surface area contributed by atoms with Crippen molar-refractivity contribution in [3.63, 3.8) is 0 Å². The zero-order chi connectivity index (χ0) is 20.5. The van der Waals surface area contributed by atoms with Gasteiger partial charge in [-0.25, -0.2) is 4.39 Å². The van der Waals surface area contributed by atoms with Gasteiger partial charge in [0.25, 0.3) is 0 Å². The lowest BCUT2D eigenvalue weighted by molar-refractivity contribution is -0.132. The fraction of sp³-hybridized carbons (Fsp3) is 0.391. The van der Waals surface area contributed by atoms with Gasteiger partial charge in [-0.3, -0.25) is 9.59 Å². The second kappa shape index (κ2) is 10.6. The van der Waals surface area contributed by atoms with Crippen LogP contribution in [0.25, 0.3) is 0 Å². The molecule has 3 rings (SSSR count). The summed E-state index contributed by atoms with van der Waals surface area (Å²) in [6, 6.07) is 15.6. The summed E-state index contributed by atoms with van der Waals surface area (Å²) in [5.41, 5.74) is 0.786. The minimum atomic E-state index is -0.308.